The summed E-state index contributed by atoms with van der Waals surface area (Å²) in [5.41, 5.74) is 0.377. The second kappa shape index (κ2) is 14.0. The summed E-state index contributed by atoms with van der Waals surface area (Å²) >= 11 is 0. The largest absolute Gasteiger partial charge is 0.485 e. The Morgan fingerprint density at radius 3 is 2.29 bits per heavy atom. The van der Waals surface area contributed by atoms with Gasteiger partial charge in [0.15, 0.2) is 0 Å². The van der Waals surface area contributed by atoms with E-state index in [9.17, 15) is 15.2 Å². The van der Waals surface area contributed by atoms with Crippen LogP contribution in [0.4, 0.5) is 0 Å². The monoisotopic (exact) mass is 507 g/mol. The number of piperazine rings is 1. The third kappa shape index (κ3) is 7.82. The first-order chi connectivity index (χ1) is 16.4. The standard InChI is InChI=1S/C27H41N3O4.ClH/c1-27(2)26(33)25(22-18-21(19-28)12-13-23(22)34-27)30-16-15-29(20-24(30)32)14-10-8-6-4-3-5-7-9-11-17-31;/h12-13,18,25-26,31,33H,3-11,14-17,20H2,1-2H3;1H/t25-,26+;/m1./s1. The van der Waals surface area contributed by atoms with Gasteiger partial charge in [0.25, 0.3) is 0 Å². The number of aliphatic hydroxyl groups is 2. The summed E-state index contributed by atoms with van der Waals surface area (Å²) in [7, 11) is 0. The van der Waals surface area contributed by atoms with Gasteiger partial charge >= 0.3 is 0 Å². The van der Waals surface area contributed by atoms with Gasteiger partial charge in [-0.2, -0.15) is 5.26 Å². The van der Waals surface area contributed by atoms with Crippen LogP contribution in [0, 0.1) is 11.3 Å². The van der Waals surface area contributed by atoms with Crippen molar-refractivity contribution < 1.29 is 19.7 Å². The zero-order valence-corrected chi connectivity index (χ0v) is 22.1. The Bertz CT molecular complexity index is 857. The lowest BCUT2D eigenvalue weighted by Gasteiger charge is -2.48. The van der Waals surface area contributed by atoms with Crippen LogP contribution in [0.3, 0.4) is 0 Å². The number of fused-ring (bicyclic) bond motifs is 1. The van der Waals surface area contributed by atoms with Crippen molar-refractivity contribution in [1.82, 2.24) is 9.80 Å². The molecule has 2 aliphatic rings. The molecule has 8 heteroatoms. The summed E-state index contributed by atoms with van der Waals surface area (Å²) in [6.07, 6.45) is 9.67. The number of nitriles is 1. The summed E-state index contributed by atoms with van der Waals surface area (Å²) in [5.74, 6) is 0.645. The van der Waals surface area contributed by atoms with Crippen molar-refractivity contribution in [2.75, 3.05) is 32.8 Å². The molecule has 1 fully saturated rings. The average molecular weight is 508 g/mol. The average Bonchev–Trinajstić information content (AvgIpc) is 2.81. The van der Waals surface area contributed by atoms with Crippen LogP contribution in [0.25, 0.3) is 0 Å². The van der Waals surface area contributed by atoms with Gasteiger partial charge in [-0.05, 0) is 51.4 Å². The number of rotatable bonds is 12. The Balaban J connectivity index is 0.00000432. The van der Waals surface area contributed by atoms with Crippen LogP contribution >= 0.6 is 12.4 Å². The van der Waals surface area contributed by atoms with E-state index in [1.807, 2.05) is 13.8 Å². The molecular weight excluding hydrogens is 466 g/mol. The summed E-state index contributed by atoms with van der Waals surface area (Å²) < 4.78 is 6.01. The number of carbonyl (C=O) groups is 1. The van der Waals surface area contributed by atoms with Crippen LogP contribution in [-0.4, -0.2) is 70.4 Å². The molecule has 0 unspecified atom stereocenters. The fourth-order valence-corrected chi connectivity index (χ4v) is 5.08. The fraction of sp³-hybridized carbons (Fsp3) is 0.704. The molecule has 2 aliphatic heterocycles. The zero-order valence-electron chi connectivity index (χ0n) is 21.2. The molecule has 1 saturated heterocycles. The first-order valence-electron chi connectivity index (χ1n) is 12.9. The number of halogens is 1. The second-order valence-electron chi connectivity index (χ2n) is 10.2. The van der Waals surface area contributed by atoms with Gasteiger partial charge in [0.2, 0.25) is 5.91 Å². The normalized spacial score (nSPS) is 21.6. The second-order valence-corrected chi connectivity index (χ2v) is 10.2. The predicted molar refractivity (Wildman–Crippen MR) is 139 cm³/mol. The number of hydrogen-bond donors (Lipinski definition) is 2. The van der Waals surface area contributed by atoms with Crippen LogP contribution in [0.2, 0.25) is 0 Å². The Hall–Kier alpha value is -1.85. The van der Waals surface area contributed by atoms with Crippen LogP contribution < -0.4 is 4.74 Å². The van der Waals surface area contributed by atoms with Crippen molar-refractivity contribution >= 4 is 18.3 Å². The molecule has 35 heavy (non-hydrogen) atoms. The highest BCUT2D eigenvalue weighted by molar-refractivity contribution is 5.85. The fourth-order valence-electron chi connectivity index (χ4n) is 5.08. The van der Waals surface area contributed by atoms with Crippen LogP contribution in [-0.2, 0) is 4.79 Å². The number of amides is 1. The minimum atomic E-state index is -0.881. The van der Waals surface area contributed by atoms with E-state index in [1.165, 1.54) is 38.5 Å². The van der Waals surface area contributed by atoms with Crippen molar-refractivity contribution in [3.8, 4) is 11.8 Å². The van der Waals surface area contributed by atoms with Gasteiger partial charge in [-0.3, -0.25) is 9.69 Å². The smallest absolute Gasteiger partial charge is 0.237 e. The van der Waals surface area contributed by atoms with Crippen molar-refractivity contribution in [3.63, 3.8) is 0 Å². The van der Waals surface area contributed by atoms with Gasteiger partial charge in [-0.25, -0.2) is 0 Å². The molecule has 0 saturated carbocycles. The van der Waals surface area contributed by atoms with Crippen LogP contribution in [0.15, 0.2) is 18.2 Å². The molecule has 0 aliphatic carbocycles. The molecule has 0 radical (unpaired) electrons. The van der Waals surface area contributed by atoms with E-state index >= 15 is 0 Å². The SMILES string of the molecule is CC1(C)Oc2ccc(C#N)cc2[C@@H](N2CCN(CCCCCCCCCCCO)CC2=O)[C@@H]1O.Cl. The molecule has 0 bridgehead atoms. The van der Waals surface area contributed by atoms with E-state index in [1.54, 1.807) is 23.1 Å². The van der Waals surface area contributed by atoms with Gasteiger partial charge in [-0.15, -0.1) is 12.4 Å². The van der Waals surface area contributed by atoms with Crippen molar-refractivity contribution in [3.05, 3.63) is 29.3 Å². The minimum absolute atomic E-state index is 0. The molecule has 3 rings (SSSR count). The third-order valence-corrected chi connectivity index (χ3v) is 7.15. The Kier molecular flexibility index (Phi) is 11.8. The quantitative estimate of drug-likeness (QED) is 0.411. The lowest BCUT2D eigenvalue weighted by molar-refractivity contribution is -0.150. The van der Waals surface area contributed by atoms with Gasteiger partial charge < -0.3 is 19.8 Å². The van der Waals surface area contributed by atoms with Crippen LogP contribution in [0.1, 0.15) is 88.8 Å². The van der Waals surface area contributed by atoms with Gasteiger partial charge in [0.1, 0.15) is 17.5 Å². The number of ether oxygens (including phenoxy) is 1. The lowest BCUT2D eigenvalue weighted by atomic mass is 9.84. The number of unbranched alkanes of at least 4 members (excludes halogenated alkanes) is 8. The molecular formula is C27H42ClN3O4. The highest BCUT2D eigenvalue weighted by Crippen LogP contribution is 2.43. The van der Waals surface area contributed by atoms with E-state index in [2.05, 4.69) is 11.0 Å². The Morgan fingerprint density at radius 2 is 1.69 bits per heavy atom. The van der Waals surface area contributed by atoms with Crippen LogP contribution in [0.5, 0.6) is 5.75 Å². The van der Waals surface area contributed by atoms with Crippen molar-refractivity contribution in [1.29, 1.82) is 5.26 Å². The third-order valence-electron chi connectivity index (χ3n) is 7.15. The number of carbonyl (C=O) groups excluding carboxylic acids is 1. The number of nitrogens with zero attached hydrogens (tertiary/aromatic N) is 3. The first-order valence-corrected chi connectivity index (χ1v) is 12.9. The number of benzene rings is 1. The molecule has 2 heterocycles. The Morgan fingerprint density at radius 1 is 1.06 bits per heavy atom. The maximum Gasteiger partial charge on any atom is 0.237 e. The zero-order chi connectivity index (χ0) is 24.6. The molecule has 7 nitrogen and oxygen atoms in total. The molecule has 1 amide bonds. The lowest BCUT2D eigenvalue weighted by Crippen LogP contribution is -2.59. The molecule has 2 atom stereocenters. The highest BCUT2D eigenvalue weighted by Gasteiger charge is 2.47. The number of aliphatic hydroxyl groups excluding tert-OH is 2. The van der Waals surface area contributed by atoms with Gasteiger partial charge in [0.05, 0.1) is 24.2 Å². The van der Waals surface area contributed by atoms with E-state index in [0.717, 1.165) is 32.4 Å². The summed E-state index contributed by atoms with van der Waals surface area (Å²) in [4.78, 5) is 17.2. The molecule has 0 spiro atoms. The van der Waals surface area contributed by atoms with Crippen molar-refractivity contribution in [2.24, 2.45) is 0 Å². The maximum atomic E-state index is 13.2. The van der Waals surface area contributed by atoms with Crippen molar-refractivity contribution in [2.45, 2.75) is 89.4 Å². The summed E-state index contributed by atoms with van der Waals surface area (Å²) in [6.45, 7) is 6.61. The molecule has 0 aromatic heterocycles. The molecule has 2 N–H and O–H groups in total. The molecule has 1 aromatic rings. The van der Waals surface area contributed by atoms with E-state index in [4.69, 9.17) is 9.84 Å². The number of hydrogen-bond acceptors (Lipinski definition) is 6. The Labute approximate surface area is 216 Å². The topological polar surface area (TPSA) is 97.0 Å². The first kappa shape index (κ1) is 29.4. The van der Waals surface area contributed by atoms with E-state index in [0.29, 0.717) is 36.6 Å². The van der Waals surface area contributed by atoms with Gasteiger partial charge in [-0.1, -0.05) is 44.9 Å². The van der Waals surface area contributed by atoms with E-state index < -0.39 is 17.7 Å². The summed E-state index contributed by atoms with van der Waals surface area (Å²) in [5, 5.41) is 29.3. The highest BCUT2D eigenvalue weighted by atomic mass is 35.5. The molecule has 1 aromatic carbocycles. The van der Waals surface area contributed by atoms with E-state index in [-0.39, 0.29) is 18.3 Å². The predicted octanol–water partition coefficient (Wildman–Crippen LogP) is 4.20. The summed E-state index contributed by atoms with van der Waals surface area (Å²) in [6, 6.07) is 6.85. The van der Waals surface area contributed by atoms with Gasteiger partial charge in [0, 0.05) is 25.3 Å². The molecule has 196 valence electrons. The maximum absolute atomic E-state index is 13.2. The minimum Gasteiger partial charge on any atom is -0.485 e.